The molecular weight excluding hydrogens is 753 g/mol. The summed E-state index contributed by atoms with van der Waals surface area (Å²) in [4.78, 5) is 64.6. The van der Waals surface area contributed by atoms with Crippen LogP contribution in [0.2, 0.25) is 0 Å². The summed E-state index contributed by atoms with van der Waals surface area (Å²) >= 11 is 6.63. The van der Waals surface area contributed by atoms with Gasteiger partial charge in [0.25, 0.3) is 0 Å². The molecule has 1 saturated carbocycles. The number of fused-ring (bicyclic) bond motifs is 11. The van der Waals surface area contributed by atoms with Crippen LogP contribution in [0.4, 0.5) is 11.4 Å². The summed E-state index contributed by atoms with van der Waals surface area (Å²) in [5, 5.41) is 18.9. The summed E-state index contributed by atoms with van der Waals surface area (Å²) in [5.74, 6) is -1.75. The first-order valence-corrected chi connectivity index (χ1v) is 20.1. The molecule has 54 heavy (non-hydrogen) atoms. The SMILES string of the molecule is [C-]#[N+]c1cc2c(cc1[N+]#[C-])C(=O)C(=Cc1cc3sc4c(c3s1)C1(CCCCC1)c1c-4sc3cc(C=C4C(=O)c5cc(C#N)c(C#N)cc5C4=O)sc13)C2=O. The average molecular weight is 771 g/mol. The van der Waals surface area contributed by atoms with Gasteiger partial charge in [0.05, 0.1) is 54.6 Å². The average Bonchev–Trinajstić information content (AvgIpc) is 4.03. The van der Waals surface area contributed by atoms with Crippen LogP contribution in [0.5, 0.6) is 0 Å². The highest BCUT2D eigenvalue weighted by atomic mass is 32.1. The van der Waals surface area contributed by atoms with Crippen molar-refractivity contribution in [2.45, 2.75) is 37.5 Å². The fourth-order valence-corrected chi connectivity index (χ4v) is 14.3. The zero-order valence-electron chi connectivity index (χ0n) is 27.7. The van der Waals surface area contributed by atoms with Gasteiger partial charge in [0.2, 0.25) is 0 Å². The maximum Gasteiger partial charge on any atom is 0.197 e. The van der Waals surface area contributed by atoms with Crippen LogP contribution in [0.3, 0.4) is 0 Å². The fraction of sp³-hybridized carbons (Fsp3) is 0.143. The largest absolute Gasteiger partial charge is 0.288 e. The zero-order chi connectivity index (χ0) is 37.2. The Morgan fingerprint density at radius 2 is 1.00 bits per heavy atom. The molecule has 0 saturated heterocycles. The molecule has 4 aromatic heterocycles. The van der Waals surface area contributed by atoms with E-state index in [4.69, 9.17) is 13.1 Å². The number of hydrogen-bond donors (Lipinski definition) is 0. The third kappa shape index (κ3) is 4.23. The first kappa shape index (κ1) is 32.5. The van der Waals surface area contributed by atoms with E-state index in [0.717, 1.165) is 60.7 Å². The molecule has 4 aliphatic rings. The van der Waals surface area contributed by atoms with E-state index >= 15 is 0 Å². The number of ketones is 4. The van der Waals surface area contributed by atoms with E-state index in [-0.39, 0.29) is 61.3 Å². The number of thiophene rings is 4. The molecule has 0 amide bonds. The lowest BCUT2D eigenvalue weighted by Gasteiger charge is -2.35. The van der Waals surface area contributed by atoms with Gasteiger partial charge < -0.3 is 0 Å². The second kappa shape index (κ2) is 11.4. The molecule has 8 nitrogen and oxygen atoms in total. The number of nitriles is 2. The Labute approximate surface area is 322 Å². The molecule has 2 aromatic carbocycles. The quantitative estimate of drug-likeness (QED) is 0.0980. The van der Waals surface area contributed by atoms with Crippen molar-refractivity contribution >= 4 is 111 Å². The lowest BCUT2D eigenvalue weighted by Crippen LogP contribution is -2.27. The van der Waals surface area contributed by atoms with E-state index < -0.39 is 23.1 Å². The summed E-state index contributed by atoms with van der Waals surface area (Å²) in [6, 6.07) is 13.4. The van der Waals surface area contributed by atoms with Crippen molar-refractivity contribution in [2.24, 2.45) is 0 Å². The minimum absolute atomic E-state index is 0.0314. The highest BCUT2D eigenvalue weighted by molar-refractivity contribution is 7.35. The number of benzene rings is 2. The maximum atomic E-state index is 13.4. The Hall–Kier alpha value is -6.12. The van der Waals surface area contributed by atoms with Crippen molar-refractivity contribution in [2.75, 3.05) is 0 Å². The van der Waals surface area contributed by atoms with Crippen molar-refractivity contribution in [1.29, 1.82) is 10.5 Å². The molecular formula is C42H18N4O4S4. The van der Waals surface area contributed by atoms with Gasteiger partial charge in [0.1, 0.15) is 12.1 Å². The molecule has 254 valence electrons. The molecule has 0 aliphatic heterocycles. The van der Waals surface area contributed by atoms with Gasteiger partial charge in [-0.2, -0.15) is 10.5 Å². The molecule has 4 heterocycles. The fourth-order valence-electron chi connectivity index (χ4n) is 8.55. The summed E-state index contributed by atoms with van der Waals surface area (Å²) in [5.41, 5.74) is 3.39. The van der Waals surface area contributed by atoms with E-state index in [1.165, 1.54) is 45.1 Å². The predicted octanol–water partition coefficient (Wildman–Crippen LogP) is 11.2. The van der Waals surface area contributed by atoms with Crippen molar-refractivity contribution in [1.82, 2.24) is 0 Å². The normalized spacial score (nSPS) is 16.3. The minimum Gasteiger partial charge on any atom is -0.288 e. The van der Waals surface area contributed by atoms with Crippen LogP contribution in [-0.4, -0.2) is 23.1 Å². The Morgan fingerprint density at radius 3 is 1.39 bits per heavy atom. The Bertz CT molecular complexity index is 2800. The molecule has 12 heteroatoms. The molecule has 1 spiro atoms. The number of carbonyl (C=O) groups is 4. The van der Waals surface area contributed by atoms with E-state index in [2.05, 4.69) is 15.8 Å². The molecule has 0 bridgehead atoms. The van der Waals surface area contributed by atoms with E-state index in [1.807, 2.05) is 18.2 Å². The van der Waals surface area contributed by atoms with Gasteiger partial charge in [-0.05, 0) is 49.3 Å². The van der Waals surface area contributed by atoms with Crippen molar-refractivity contribution in [3.63, 3.8) is 0 Å². The van der Waals surface area contributed by atoms with Gasteiger partial charge in [-0.1, -0.05) is 31.4 Å². The van der Waals surface area contributed by atoms with Crippen LogP contribution in [-0.2, 0) is 5.41 Å². The summed E-state index contributed by atoms with van der Waals surface area (Å²) in [6.45, 7) is 14.8. The zero-order valence-corrected chi connectivity index (χ0v) is 31.0. The molecule has 0 N–H and O–H groups in total. The van der Waals surface area contributed by atoms with Crippen LogP contribution in [0, 0.1) is 35.8 Å². The first-order chi connectivity index (χ1) is 26.2. The van der Waals surface area contributed by atoms with Gasteiger partial charge in [-0.25, -0.2) is 0 Å². The van der Waals surface area contributed by atoms with Crippen LogP contribution >= 0.6 is 45.3 Å². The van der Waals surface area contributed by atoms with Gasteiger partial charge in [-0.3, -0.25) is 28.9 Å². The maximum absolute atomic E-state index is 13.4. The third-order valence-corrected chi connectivity index (χ3v) is 15.8. The summed E-state index contributed by atoms with van der Waals surface area (Å²) in [6.07, 6.45) is 8.59. The molecule has 0 atom stereocenters. The van der Waals surface area contributed by atoms with Crippen molar-refractivity contribution in [3.05, 3.63) is 125 Å². The second-order valence-electron chi connectivity index (χ2n) is 13.6. The number of allylic oxidation sites excluding steroid dienone is 2. The van der Waals surface area contributed by atoms with E-state index in [0.29, 0.717) is 0 Å². The minimum atomic E-state index is -0.444. The van der Waals surface area contributed by atoms with Crippen molar-refractivity contribution in [3.8, 4) is 21.9 Å². The Morgan fingerprint density at radius 1 is 0.593 bits per heavy atom. The summed E-state index contributed by atoms with van der Waals surface area (Å²) < 4.78 is 4.52. The molecule has 6 aromatic rings. The topological polar surface area (TPSA) is 125 Å². The van der Waals surface area contributed by atoms with Crippen LogP contribution in [0.25, 0.3) is 50.4 Å². The van der Waals surface area contributed by atoms with Gasteiger partial charge >= 0.3 is 0 Å². The lowest BCUT2D eigenvalue weighted by atomic mass is 9.68. The first-order valence-electron chi connectivity index (χ1n) is 16.9. The van der Waals surface area contributed by atoms with Crippen LogP contribution < -0.4 is 0 Å². The van der Waals surface area contributed by atoms with Gasteiger partial charge in [0, 0.05) is 57.9 Å². The van der Waals surface area contributed by atoms with E-state index in [9.17, 15) is 29.7 Å². The molecule has 4 aliphatic carbocycles. The monoisotopic (exact) mass is 770 g/mol. The molecule has 0 unspecified atom stereocenters. The third-order valence-electron chi connectivity index (χ3n) is 10.9. The number of rotatable bonds is 2. The standard InChI is InChI=1S/C42H18N4O4S4/c1-45-28-14-24-25(15-29(28)46-2)37(50)27(36(24)49)11-21-13-31-39(52-21)33-41(54-31)40-32(42(33)6-4-3-5-7-42)38-30(53-40)12-20(51-38)10-26-34(47)22-8-18(16-43)19(17-44)9-23(22)35(26)48/h8-15H,3-7H2. The summed E-state index contributed by atoms with van der Waals surface area (Å²) in [7, 11) is 0. The molecule has 10 rings (SSSR count). The van der Waals surface area contributed by atoms with Gasteiger partial charge in [0.15, 0.2) is 34.5 Å². The highest BCUT2D eigenvalue weighted by Gasteiger charge is 2.49. The van der Waals surface area contributed by atoms with Crippen LogP contribution in [0.15, 0.2) is 47.5 Å². The number of nitrogens with zero attached hydrogens (tertiary/aromatic N) is 4. The van der Waals surface area contributed by atoms with Gasteiger partial charge in [-0.15, -0.1) is 45.3 Å². The Kier molecular flexibility index (Phi) is 6.89. The number of Topliss-reactive ketones (excluding diaryl/α,β-unsaturated/α-hetero) is 4. The molecule has 1 fully saturated rings. The van der Waals surface area contributed by atoms with E-state index in [1.54, 1.807) is 57.5 Å². The predicted molar refractivity (Wildman–Crippen MR) is 210 cm³/mol. The highest BCUT2D eigenvalue weighted by Crippen LogP contribution is 2.66. The molecule has 0 radical (unpaired) electrons. The number of hydrogen-bond acceptors (Lipinski definition) is 10. The number of carbonyl (C=O) groups excluding carboxylic acids is 4. The smallest absolute Gasteiger partial charge is 0.197 e. The lowest BCUT2D eigenvalue weighted by molar-refractivity contribution is 0.0975. The van der Waals surface area contributed by atoms with Crippen molar-refractivity contribution < 1.29 is 19.2 Å². The Balaban J connectivity index is 1.05. The van der Waals surface area contributed by atoms with Crippen LogP contribution in [0.1, 0.15) is 106 Å². The second-order valence-corrected chi connectivity index (χ2v) is 17.9.